The lowest BCUT2D eigenvalue weighted by molar-refractivity contribution is 0.374. The van der Waals surface area contributed by atoms with E-state index in [0.717, 1.165) is 3.79 Å². The third-order valence-corrected chi connectivity index (χ3v) is 3.26. The summed E-state index contributed by atoms with van der Waals surface area (Å²) in [4.78, 5) is 4.08. The number of hydrogen-bond acceptors (Lipinski definition) is 4. The van der Waals surface area contributed by atoms with Gasteiger partial charge in [0, 0.05) is 0 Å². The molecule has 0 N–H and O–H groups in total. The van der Waals surface area contributed by atoms with Gasteiger partial charge in [0.25, 0.3) is 0 Å². The van der Waals surface area contributed by atoms with Crippen LogP contribution >= 0.6 is 27.3 Å². The monoisotopic (exact) mass is 285 g/mol. The average molecular weight is 286 g/mol. The molecule has 0 unspecified atom stereocenters. The number of hydrogen-bond donors (Lipinski definition) is 0. The van der Waals surface area contributed by atoms with E-state index >= 15 is 0 Å². The molecular weight excluding hydrogens is 278 g/mol. The lowest BCUT2D eigenvalue weighted by Crippen LogP contribution is -1.89. The summed E-state index contributed by atoms with van der Waals surface area (Å²) in [5.41, 5.74) is 1.72. The fourth-order valence-corrected chi connectivity index (χ4v) is 1.97. The standard InChI is InChI=1S/C10H8BrNO2S/c1-13-7-4-2-3-5-8(7)14-10-9(11)15-6-12-10/h2-6H,1H3. The second kappa shape index (κ2) is 4.63. The van der Waals surface area contributed by atoms with Gasteiger partial charge in [0.1, 0.15) is 3.79 Å². The van der Waals surface area contributed by atoms with Crippen LogP contribution in [0.2, 0.25) is 0 Å². The van der Waals surface area contributed by atoms with E-state index in [4.69, 9.17) is 9.47 Å². The van der Waals surface area contributed by atoms with Crippen molar-refractivity contribution in [3.63, 3.8) is 0 Å². The van der Waals surface area contributed by atoms with Gasteiger partial charge in [-0.2, -0.15) is 0 Å². The van der Waals surface area contributed by atoms with Crippen molar-refractivity contribution in [2.45, 2.75) is 0 Å². The molecule has 1 aromatic carbocycles. The van der Waals surface area contributed by atoms with E-state index in [-0.39, 0.29) is 0 Å². The molecule has 0 radical (unpaired) electrons. The Hall–Kier alpha value is -1.07. The first-order valence-corrected chi connectivity index (χ1v) is 5.88. The van der Waals surface area contributed by atoms with E-state index in [2.05, 4.69) is 20.9 Å². The number of halogens is 1. The number of para-hydroxylation sites is 2. The highest BCUT2D eigenvalue weighted by atomic mass is 79.9. The lowest BCUT2D eigenvalue weighted by atomic mass is 10.3. The van der Waals surface area contributed by atoms with E-state index < -0.39 is 0 Å². The Balaban J connectivity index is 2.28. The Labute approximate surface area is 99.8 Å². The molecular formula is C10H8BrNO2S. The Morgan fingerprint density at radius 3 is 2.60 bits per heavy atom. The zero-order valence-electron chi connectivity index (χ0n) is 7.94. The van der Waals surface area contributed by atoms with E-state index in [1.165, 1.54) is 11.3 Å². The molecule has 1 heterocycles. The van der Waals surface area contributed by atoms with Crippen LogP contribution in [-0.4, -0.2) is 12.1 Å². The predicted molar refractivity (Wildman–Crippen MR) is 62.9 cm³/mol. The van der Waals surface area contributed by atoms with Crippen LogP contribution in [-0.2, 0) is 0 Å². The van der Waals surface area contributed by atoms with Crippen LogP contribution in [0.1, 0.15) is 0 Å². The first kappa shape index (κ1) is 10.4. The molecule has 78 valence electrons. The summed E-state index contributed by atoms with van der Waals surface area (Å²) in [5.74, 6) is 1.91. The molecule has 5 heteroatoms. The second-order valence-corrected chi connectivity index (χ2v) is 4.86. The van der Waals surface area contributed by atoms with Crippen LogP contribution in [0.25, 0.3) is 0 Å². The third-order valence-electron chi connectivity index (χ3n) is 1.77. The molecule has 0 amide bonds. The van der Waals surface area contributed by atoms with Crippen LogP contribution in [0.3, 0.4) is 0 Å². The number of benzene rings is 1. The number of thiazole rings is 1. The van der Waals surface area contributed by atoms with Crippen LogP contribution in [0, 0.1) is 0 Å². The van der Waals surface area contributed by atoms with Gasteiger partial charge in [-0.25, -0.2) is 4.98 Å². The van der Waals surface area contributed by atoms with Crippen molar-refractivity contribution in [1.82, 2.24) is 4.98 Å². The molecule has 0 saturated heterocycles. The first-order valence-electron chi connectivity index (χ1n) is 4.21. The summed E-state index contributed by atoms with van der Waals surface area (Å²) in [6, 6.07) is 7.46. The van der Waals surface area contributed by atoms with Crippen LogP contribution in [0.15, 0.2) is 33.6 Å². The zero-order chi connectivity index (χ0) is 10.7. The molecule has 0 bridgehead atoms. The fourth-order valence-electron chi connectivity index (χ4n) is 1.10. The number of ether oxygens (including phenoxy) is 2. The maximum Gasteiger partial charge on any atom is 0.244 e. The van der Waals surface area contributed by atoms with E-state index in [0.29, 0.717) is 17.4 Å². The summed E-state index contributed by atoms with van der Waals surface area (Å²) in [7, 11) is 1.61. The molecule has 0 spiro atoms. The van der Waals surface area contributed by atoms with Gasteiger partial charge in [-0.05, 0) is 28.1 Å². The quantitative estimate of drug-likeness (QED) is 0.862. The largest absolute Gasteiger partial charge is 0.493 e. The highest BCUT2D eigenvalue weighted by molar-refractivity contribution is 9.11. The normalized spacial score (nSPS) is 10.0. The molecule has 0 aliphatic rings. The third kappa shape index (κ3) is 2.30. The van der Waals surface area contributed by atoms with Crippen molar-refractivity contribution >= 4 is 27.3 Å². The average Bonchev–Trinajstić information content (AvgIpc) is 2.65. The van der Waals surface area contributed by atoms with Crippen molar-refractivity contribution in [1.29, 1.82) is 0 Å². The topological polar surface area (TPSA) is 31.4 Å². The van der Waals surface area contributed by atoms with Gasteiger partial charge in [-0.1, -0.05) is 12.1 Å². The number of aromatic nitrogens is 1. The van der Waals surface area contributed by atoms with Crippen LogP contribution in [0.5, 0.6) is 17.4 Å². The number of methoxy groups -OCH3 is 1. The van der Waals surface area contributed by atoms with Crippen molar-refractivity contribution in [3.8, 4) is 17.4 Å². The van der Waals surface area contributed by atoms with Gasteiger partial charge in [-0.3, -0.25) is 0 Å². The van der Waals surface area contributed by atoms with Crippen LogP contribution < -0.4 is 9.47 Å². The number of rotatable bonds is 3. The molecule has 0 aliphatic heterocycles. The highest BCUT2D eigenvalue weighted by Crippen LogP contribution is 2.35. The van der Waals surface area contributed by atoms with Crippen molar-refractivity contribution in [2.24, 2.45) is 0 Å². The predicted octanol–water partition coefficient (Wildman–Crippen LogP) is 3.71. The summed E-state index contributed by atoms with van der Waals surface area (Å²) in [5, 5.41) is 0. The van der Waals surface area contributed by atoms with Gasteiger partial charge in [-0.15, -0.1) is 11.3 Å². The Bertz CT molecular complexity index is 458. The van der Waals surface area contributed by atoms with Gasteiger partial charge in [0.15, 0.2) is 11.5 Å². The smallest absolute Gasteiger partial charge is 0.244 e. The van der Waals surface area contributed by atoms with E-state index in [1.807, 2.05) is 24.3 Å². The maximum absolute atomic E-state index is 5.60. The highest BCUT2D eigenvalue weighted by Gasteiger charge is 2.08. The molecule has 15 heavy (non-hydrogen) atoms. The molecule has 0 atom stereocenters. The molecule has 0 aliphatic carbocycles. The van der Waals surface area contributed by atoms with Gasteiger partial charge in [0.2, 0.25) is 5.88 Å². The minimum Gasteiger partial charge on any atom is -0.493 e. The SMILES string of the molecule is COc1ccccc1Oc1ncsc1Br. The maximum atomic E-state index is 5.60. The Morgan fingerprint density at radius 1 is 1.27 bits per heavy atom. The Morgan fingerprint density at radius 2 is 2.00 bits per heavy atom. The minimum absolute atomic E-state index is 0.560. The molecule has 2 aromatic rings. The summed E-state index contributed by atoms with van der Waals surface area (Å²) < 4.78 is 11.6. The number of nitrogens with zero attached hydrogens (tertiary/aromatic N) is 1. The summed E-state index contributed by atoms with van der Waals surface area (Å²) in [6.45, 7) is 0. The molecule has 0 fully saturated rings. The molecule has 1 aromatic heterocycles. The van der Waals surface area contributed by atoms with Gasteiger partial charge in [0.05, 0.1) is 12.6 Å². The molecule has 0 saturated carbocycles. The first-order chi connectivity index (χ1) is 7.31. The molecule has 3 nitrogen and oxygen atoms in total. The van der Waals surface area contributed by atoms with E-state index in [9.17, 15) is 0 Å². The van der Waals surface area contributed by atoms with Crippen molar-refractivity contribution in [3.05, 3.63) is 33.6 Å². The minimum atomic E-state index is 0.560. The summed E-state index contributed by atoms with van der Waals surface area (Å²) in [6.07, 6.45) is 0. The van der Waals surface area contributed by atoms with Gasteiger partial charge < -0.3 is 9.47 Å². The zero-order valence-corrected chi connectivity index (χ0v) is 10.3. The van der Waals surface area contributed by atoms with Crippen molar-refractivity contribution in [2.75, 3.05) is 7.11 Å². The van der Waals surface area contributed by atoms with Gasteiger partial charge >= 0.3 is 0 Å². The van der Waals surface area contributed by atoms with Crippen molar-refractivity contribution < 1.29 is 9.47 Å². The van der Waals surface area contributed by atoms with Crippen LogP contribution in [0.4, 0.5) is 0 Å². The second-order valence-electron chi connectivity index (χ2n) is 2.68. The fraction of sp³-hybridized carbons (Fsp3) is 0.100. The lowest BCUT2D eigenvalue weighted by Gasteiger charge is -2.07. The Kier molecular flexibility index (Phi) is 3.23. The van der Waals surface area contributed by atoms with E-state index in [1.54, 1.807) is 12.6 Å². The molecule has 2 rings (SSSR count). The summed E-state index contributed by atoms with van der Waals surface area (Å²) >= 11 is 4.84.